The number of anilines is 1. The molecule has 0 bridgehead atoms. The third kappa shape index (κ3) is 3.16. The van der Waals surface area contributed by atoms with Gasteiger partial charge in [0.05, 0.1) is 10.2 Å². The van der Waals surface area contributed by atoms with Crippen molar-refractivity contribution < 1.29 is 0 Å². The Hall–Kier alpha value is -0.640. The Morgan fingerprint density at radius 2 is 2.33 bits per heavy atom. The van der Waals surface area contributed by atoms with E-state index in [0.717, 1.165) is 22.0 Å². The maximum Gasteiger partial charge on any atom is 0.223 e. The Labute approximate surface area is 98.8 Å². The summed E-state index contributed by atoms with van der Waals surface area (Å²) in [6.45, 7) is 4.17. The van der Waals surface area contributed by atoms with Gasteiger partial charge in [0.25, 0.3) is 0 Å². The standard InChI is InChI=1S/C11H16BrN3/c1-7(5-9-3-4-9)14-11-13-6-10(12)8(2)15-11/h6-7,9H,3-5H2,1-2H3,(H,13,14,15). The average molecular weight is 270 g/mol. The number of rotatable bonds is 4. The molecule has 0 spiro atoms. The second kappa shape index (κ2) is 4.47. The number of aryl methyl sites for hydroxylation is 1. The number of halogens is 1. The van der Waals surface area contributed by atoms with Crippen LogP contribution in [-0.2, 0) is 0 Å². The lowest BCUT2D eigenvalue weighted by Gasteiger charge is -2.13. The summed E-state index contributed by atoms with van der Waals surface area (Å²) < 4.78 is 0.961. The van der Waals surface area contributed by atoms with Gasteiger partial charge in [0.15, 0.2) is 0 Å². The summed E-state index contributed by atoms with van der Waals surface area (Å²) in [6, 6.07) is 0.470. The van der Waals surface area contributed by atoms with Crippen molar-refractivity contribution in [2.24, 2.45) is 5.92 Å². The summed E-state index contributed by atoms with van der Waals surface area (Å²) >= 11 is 3.39. The minimum absolute atomic E-state index is 0.470. The zero-order valence-electron chi connectivity index (χ0n) is 9.13. The van der Waals surface area contributed by atoms with Crippen molar-refractivity contribution in [2.75, 3.05) is 5.32 Å². The first-order chi connectivity index (χ1) is 7.15. The molecule has 0 saturated heterocycles. The number of nitrogens with one attached hydrogen (secondary N) is 1. The third-order valence-electron chi connectivity index (χ3n) is 2.68. The van der Waals surface area contributed by atoms with Crippen molar-refractivity contribution in [1.82, 2.24) is 9.97 Å². The molecule has 0 aromatic carbocycles. The van der Waals surface area contributed by atoms with Gasteiger partial charge in [-0.3, -0.25) is 0 Å². The van der Waals surface area contributed by atoms with E-state index in [-0.39, 0.29) is 0 Å². The van der Waals surface area contributed by atoms with Crippen LogP contribution in [0.3, 0.4) is 0 Å². The molecule has 1 saturated carbocycles. The first-order valence-electron chi connectivity index (χ1n) is 5.41. The Bertz CT molecular complexity index is 350. The van der Waals surface area contributed by atoms with Gasteiger partial charge >= 0.3 is 0 Å². The van der Waals surface area contributed by atoms with E-state index in [1.165, 1.54) is 19.3 Å². The molecule has 1 fully saturated rings. The lowest BCUT2D eigenvalue weighted by Crippen LogP contribution is -2.17. The molecular weight excluding hydrogens is 254 g/mol. The molecule has 15 heavy (non-hydrogen) atoms. The Morgan fingerprint density at radius 3 is 2.93 bits per heavy atom. The van der Waals surface area contributed by atoms with E-state index in [2.05, 4.69) is 38.1 Å². The predicted octanol–water partition coefficient (Wildman–Crippen LogP) is 3.15. The van der Waals surface area contributed by atoms with Crippen LogP contribution in [0.15, 0.2) is 10.7 Å². The van der Waals surface area contributed by atoms with E-state index in [1.54, 1.807) is 6.20 Å². The summed E-state index contributed by atoms with van der Waals surface area (Å²) in [5.74, 6) is 1.67. The van der Waals surface area contributed by atoms with Crippen LogP contribution < -0.4 is 5.32 Å². The normalized spacial score (nSPS) is 17.5. The zero-order chi connectivity index (χ0) is 10.8. The van der Waals surface area contributed by atoms with Gasteiger partial charge in [-0.1, -0.05) is 12.8 Å². The summed E-state index contributed by atoms with van der Waals surface area (Å²) in [5, 5.41) is 3.34. The van der Waals surface area contributed by atoms with E-state index in [0.29, 0.717) is 6.04 Å². The van der Waals surface area contributed by atoms with Crippen molar-refractivity contribution in [3.05, 3.63) is 16.4 Å². The SMILES string of the molecule is Cc1nc(NC(C)CC2CC2)ncc1Br. The lowest BCUT2D eigenvalue weighted by atomic mass is 10.2. The van der Waals surface area contributed by atoms with Gasteiger partial charge in [0.2, 0.25) is 5.95 Å². The minimum Gasteiger partial charge on any atom is -0.352 e. The molecule has 1 unspecified atom stereocenters. The summed E-state index contributed by atoms with van der Waals surface area (Å²) in [6.07, 6.45) is 5.82. The van der Waals surface area contributed by atoms with Crippen molar-refractivity contribution in [2.45, 2.75) is 39.2 Å². The highest BCUT2D eigenvalue weighted by molar-refractivity contribution is 9.10. The van der Waals surface area contributed by atoms with Crippen LogP contribution >= 0.6 is 15.9 Å². The fourth-order valence-electron chi connectivity index (χ4n) is 1.65. The number of hydrogen-bond acceptors (Lipinski definition) is 3. The van der Waals surface area contributed by atoms with Crippen molar-refractivity contribution >= 4 is 21.9 Å². The quantitative estimate of drug-likeness (QED) is 0.913. The molecule has 1 aliphatic rings. The van der Waals surface area contributed by atoms with Gasteiger partial charge in [-0.15, -0.1) is 0 Å². The second-order valence-corrected chi connectivity index (χ2v) is 5.21. The number of nitrogens with zero attached hydrogens (tertiary/aromatic N) is 2. The monoisotopic (exact) mass is 269 g/mol. The summed E-state index contributed by atoms with van der Waals surface area (Å²) in [4.78, 5) is 8.61. The van der Waals surface area contributed by atoms with Gasteiger partial charge < -0.3 is 5.32 Å². The van der Waals surface area contributed by atoms with Crippen LogP contribution in [0, 0.1) is 12.8 Å². The maximum absolute atomic E-state index is 4.37. The van der Waals surface area contributed by atoms with E-state index in [4.69, 9.17) is 0 Å². The minimum atomic E-state index is 0.470. The maximum atomic E-state index is 4.37. The van der Waals surface area contributed by atoms with E-state index in [9.17, 15) is 0 Å². The van der Waals surface area contributed by atoms with Crippen LogP contribution in [-0.4, -0.2) is 16.0 Å². The van der Waals surface area contributed by atoms with Crippen LogP contribution in [0.25, 0.3) is 0 Å². The molecule has 1 aromatic rings. The fourth-order valence-corrected chi connectivity index (χ4v) is 1.85. The Kier molecular flexibility index (Phi) is 3.24. The summed E-state index contributed by atoms with van der Waals surface area (Å²) in [5.41, 5.74) is 0.978. The Balaban J connectivity index is 1.93. The Morgan fingerprint density at radius 1 is 1.60 bits per heavy atom. The van der Waals surface area contributed by atoms with Gasteiger partial charge in [0.1, 0.15) is 0 Å². The lowest BCUT2D eigenvalue weighted by molar-refractivity contribution is 0.637. The zero-order valence-corrected chi connectivity index (χ0v) is 10.7. The van der Waals surface area contributed by atoms with Gasteiger partial charge in [-0.2, -0.15) is 0 Å². The second-order valence-electron chi connectivity index (χ2n) is 4.35. The molecule has 0 amide bonds. The van der Waals surface area contributed by atoms with Gasteiger partial charge in [0, 0.05) is 12.2 Å². The van der Waals surface area contributed by atoms with Crippen molar-refractivity contribution in [3.63, 3.8) is 0 Å². The van der Waals surface area contributed by atoms with Crippen molar-refractivity contribution in [3.8, 4) is 0 Å². The predicted molar refractivity (Wildman–Crippen MR) is 64.9 cm³/mol. The molecular formula is C11H16BrN3. The number of hydrogen-bond donors (Lipinski definition) is 1. The molecule has 3 nitrogen and oxygen atoms in total. The molecule has 1 heterocycles. The van der Waals surface area contributed by atoms with Crippen LogP contribution in [0.4, 0.5) is 5.95 Å². The average Bonchev–Trinajstić information content (AvgIpc) is 2.95. The van der Waals surface area contributed by atoms with Crippen LogP contribution in [0.2, 0.25) is 0 Å². The molecule has 1 atom stereocenters. The van der Waals surface area contributed by atoms with E-state index >= 15 is 0 Å². The fraction of sp³-hybridized carbons (Fsp3) is 0.636. The highest BCUT2D eigenvalue weighted by Gasteiger charge is 2.23. The molecule has 2 rings (SSSR count). The molecule has 4 heteroatoms. The van der Waals surface area contributed by atoms with Gasteiger partial charge in [-0.05, 0) is 42.1 Å². The van der Waals surface area contributed by atoms with Crippen molar-refractivity contribution in [1.29, 1.82) is 0 Å². The van der Waals surface area contributed by atoms with E-state index in [1.807, 2.05) is 6.92 Å². The third-order valence-corrected chi connectivity index (χ3v) is 3.46. The van der Waals surface area contributed by atoms with Crippen LogP contribution in [0.5, 0.6) is 0 Å². The first kappa shape index (κ1) is 10.9. The molecule has 82 valence electrons. The first-order valence-corrected chi connectivity index (χ1v) is 6.20. The molecule has 0 radical (unpaired) electrons. The van der Waals surface area contributed by atoms with E-state index < -0.39 is 0 Å². The largest absolute Gasteiger partial charge is 0.352 e. The molecule has 0 aliphatic heterocycles. The number of aromatic nitrogens is 2. The summed E-state index contributed by atoms with van der Waals surface area (Å²) in [7, 11) is 0. The molecule has 1 aliphatic carbocycles. The smallest absolute Gasteiger partial charge is 0.223 e. The van der Waals surface area contributed by atoms with Gasteiger partial charge in [-0.25, -0.2) is 9.97 Å². The molecule has 1 aromatic heterocycles. The highest BCUT2D eigenvalue weighted by Crippen LogP contribution is 2.33. The van der Waals surface area contributed by atoms with Crippen LogP contribution in [0.1, 0.15) is 31.9 Å². The molecule has 1 N–H and O–H groups in total. The highest BCUT2D eigenvalue weighted by atomic mass is 79.9. The topological polar surface area (TPSA) is 37.8 Å².